The number of piperazine rings is 1. The highest BCUT2D eigenvalue weighted by Crippen LogP contribution is 2.23. The van der Waals surface area contributed by atoms with Gasteiger partial charge in [-0.05, 0) is 32.0 Å². The highest BCUT2D eigenvalue weighted by molar-refractivity contribution is 7.17. The second kappa shape index (κ2) is 9.07. The van der Waals surface area contributed by atoms with Crippen LogP contribution in [0.5, 0.6) is 0 Å². The third kappa shape index (κ3) is 5.04. The van der Waals surface area contributed by atoms with Crippen LogP contribution < -0.4 is 0 Å². The lowest BCUT2D eigenvalue weighted by atomic mass is 10.1. The van der Waals surface area contributed by atoms with E-state index in [2.05, 4.69) is 22.0 Å². The summed E-state index contributed by atoms with van der Waals surface area (Å²) in [7, 11) is 0. The van der Waals surface area contributed by atoms with Crippen LogP contribution in [-0.2, 0) is 6.42 Å². The van der Waals surface area contributed by atoms with E-state index in [1.54, 1.807) is 12.1 Å². The predicted octanol–water partition coefficient (Wildman–Crippen LogP) is 4.15. The van der Waals surface area contributed by atoms with Crippen LogP contribution in [0.1, 0.15) is 27.5 Å². The minimum atomic E-state index is 0.0797. The zero-order valence-electron chi connectivity index (χ0n) is 16.3. The Kier molecular flexibility index (Phi) is 6.28. The molecule has 1 aliphatic heterocycles. The summed E-state index contributed by atoms with van der Waals surface area (Å²) in [5.74, 6) is 1.39. The molecule has 8 heteroatoms. The third-order valence-corrected chi connectivity index (χ3v) is 6.31. The molecular weight excluding hydrogens is 408 g/mol. The smallest absolute Gasteiger partial charge is 0.264 e. The lowest BCUT2D eigenvalue weighted by molar-refractivity contribution is 0.0640. The van der Waals surface area contributed by atoms with Gasteiger partial charge in [0.05, 0.1) is 9.21 Å². The first-order chi connectivity index (χ1) is 14.1. The minimum absolute atomic E-state index is 0.0797. The van der Waals surface area contributed by atoms with E-state index in [1.807, 2.05) is 29.2 Å². The van der Waals surface area contributed by atoms with Gasteiger partial charge < -0.3 is 9.42 Å². The number of nitrogens with zero attached hydrogens (tertiary/aromatic N) is 4. The summed E-state index contributed by atoms with van der Waals surface area (Å²) >= 11 is 7.28. The monoisotopic (exact) mass is 430 g/mol. The van der Waals surface area contributed by atoms with Crippen molar-refractivity contribution in [1.82, 2.24) is 19.9 Å². The van der Waals surface area contributed by atoms with Crippen LogP contribution in [-0.4, -0.2) is 58.6 Å². The molecule has 152 valence electrons. The maximum Gasteiger partial charge on any atom is 0.264 e. The molecule has 3 heterocycles. The van der Waals surface area contributed by atoms with Gasteiger partial charge in [0, 0.05) is 38.2 Å². The Bertz CT molecular complexity index is 961. The van der Waals surface area contributed by atoms with E-state index in [1.165, 1.54) is 16.9 Å². The molecule has 3 aromatic rings. The van der Waals surface area contributed by atoms with Gasteiger partial charge in [-0.25, -0.2) is 0 Å². The minimum Gasteiger partial charge on any atom is -0.339 e. The standard InChI is InChI=1S/C21H23ClN4O2S/c1-15-4-6-16(7-5-15)20-23-19(28-24-20)3-2-10-25-11-13-26(14-12-25)21(27)17-8-9-18(22)29-17/h4-9H,2-3,10-14H2,1H3. The predicted molar refractivity (Wildman–Crippen MR) is 114 cm³/mol. The van der Waals surface area contributed by atoms with Gasteiger partial charge in [-0.1, -0.05) is 46.6 Å². The summed E-state index contributed by atoms with van der Waals surface area (Å²) in [4.78, 5) is 22.0. The van der Waals surface area contributed by atoms with Gasteiger partial charge in [-0.2, -0.15) is 4.98 Å². The van der Waals surface area contributed by atoms with Gasteiger partial charge in [-0.15, -0.1) is 11.3 Å². The van der Waals surface area contributed by atoms with Gasteiger partial charge in [-0.3, -0.25) is 9.69 Å². The number of hydrogen-bond donors (Lipinski definition) is 0. The fraction of sp³-hybridized carbons (Fsp3) is 0.381. The van der Waals surface area contributed by atoms with Crippen molar-refractivity contribution in [3.8, 4) is 11.4 Å². The Morgan fingerprint density at radius 3 is 2.59 bits per heavy atom. The summed E-state index contributed by atoms with van der Waals surface area (Å²) in [6.45, 7) is 6.25. The summed E-state index contributed by atoms with van der Waals surface area (Å²) in [5.41, 5.74) is 2.18. The average Bonchev–Trinajstić information content (AvgIpc) is 3.38. The number of aromatic nitrogens is 2. The first-order valence-electron chi connectivity index (χ1n) is 9.75. The maximum atomic E-state index is 12.5. The Morgan fingerprint density at radius 2 is 1.90 bits per heavy atom. The van der Waals surface area contributed by atoms with Crippen LogP contribution in [0.15, 0.2) is 40.9 Å². The molecule has 0 unspecified atom stereocenters. The van der Waals surface area contributed by atoms with Crippen molar-refractivity contribution in [3.05, 3.63) is 57.1 Å². The number of carbonyl (C=O) groups excluding carboxylic acids is 1. The van der Waals surface area contributed by atoms with E-state index in [0.29, 0.717) is 20.9 Å². The molecule has 1 fully saturated rings. The number of amides is 1. The number of aryl methyl sites for hydroxylation is 2. The molecule has 0 spiro atoms. The Balaban J connectivity index is 1.21. The average molecular weight is 431 g/mol. The van der Waals surface area contributed by atoms with Crippen molar-refractivity contribution in [2.24, 2.45) is 0 Å². The molecule has 0 saturated carbocycles. The SMILES string of the molecule is Cc1ccc(-c2noc(CCCN3CCN(C(=O)c4ccc(Cl)s4)CC3)n2)cc1. The molecule has 0 aliphatic carbocycles. The number of rotatable bonds is 6. The number of hydrogen-bond acceptors (Lipinski definition) is 6. The lowest BCUT2D eigenvalue weighted by Crippen LogP contribution is -2.48. The molecule has 0 bridgehead atoms. The second-order valence-corrected chi connectivity index (χ2v) is 8.93. The van der Waals surface area contributed by atoms with E-state index in [0.717, 1.165) is 51.1 Å². The normalized spacial score (nSPS) is 15.0. The third-order valence-electron chi connectivity index (χ3n) is 5.09. The Hall–Kier alpha value is -2.22. The Labute approximate surface area is 179 Å². The van der Waals surface area contributed by atoms with Gasteiger partial charge >= 0.3 is 0 Å². The van der Waals surface area contributed by atoms with Crippen LogP contribution in [0, 0.1) is 6.92 Å². The van der Waals surface area contributed by atoms with Crippen LogP contribution in [0.25, 0.3) is 11.4 Å². The summed E-state index contributed by atoms with van der Waals surface area (Å²) in [5, 5.41) is 4.09. The molecule has 2 aromatic heterocycles. The molecule has 1 saturated heterocycles. The quantitative estimate of drug-likeness (QED) is 0.587. The fourth-order valence-corrected chi connectivity index (χ4v) is 4.40. The Morgan fingerprint density at radius 1 is 1.14 bits per heavy atom. The highest BCUT2D eigenvalue weighted by Gasteiger charge is 2.23. The summed E-state index contributed by atoms with van der Waals surface area (Å²) in [6.07, 6.45) is 1.70. The molecule has 1 aliphatic rings. The van der Waals surface area contributed by atoms with Gasteiger partial charge in [0.15, 0.2) is 0 Å². The van der Waals surface area contributed by atoms with E-state index < -0.39 is 0 Å². The first-order valence-corrected chi connectivity index (χ1v) is 10.9. The maximum absolute atomic E-state index is 12.5. The number of benzene rings is 1. The van der Waals surface area contributed by atoms with Crippen molar-refractivity contribution in [1.29, 1.82) is 0 Å². The van der Waals surface area contributed by atoms with Crippen molar-refractivity contribution in [3.63, 3.8) is 0 Å². The zero-order valence-corrected chi connectivity index (χ0v) is 17.9. The molecule has 1 amide bonds. The fourth-order valence-electron chi connectivity index (χ4n) is 3.39. The molecular formula is C21H23ClN4O2S. The van der Waals surface area contributed by atoms with Gasteiger partial charge in [0.1, 0.15) is 0 Å². The molecule has 0 N–H and O–H groups in total. The van der Waals surface area contributed by atoms with Crippen LogP contribution in [0.3, 0.4) is 0 Å². The summed E-state index contributed by atoms with van der Waals surface area (Å²) < 4.78 is 6.05. The lowest BCUT2D eigenvalue weighted by Gasteiger charge is -2.34. The van der Waals surface area contributed by atoms with E-state index in [9.17, 15) is 4.79 Å². The van der Waals surface area contributed by atoms with Gasteiger partial charge in [0.2, 0.25) is 11.7 Å². The molecule has 1 aromatic carbocycles. The van der Waals surface area contributed by atoms with Crippen LogP contribution in [0.2, 0.25) is 4.34 Å². The molecule has 0 atom stereocenters. The van der Waals surface area contributed by atoms with E-state index >= 15 is 0 Å². The van der Waals surface area contributed by atoms with Crippen molar-refractivity contribution in [2.45, 2.75) is 19.8 Å². The topological polar surface area (TPSA) is 62.5 Å². The van der Waals surface area contributed by atoms with Gasteiger partial charge in [0.25, 0.3) is 5.91 Å². The van der Waals surface area contributed by atoms with Crippen LogP contribution >= 0.6 is 22.9 Å². The second-order valence-electron chi connectivity index (χ2n) is 7.22. The zero-order chi connectivity index (χ0) is 20.2. The van der Waals surface area contributed by atoms with E-state index in [-0.39, 0.29) is 5.91 Å². The van der Waals surface area contributed by atoms with E-state index in [4.69, 9.17) is 16.1 Å². The number of halogens is 1. The number of carbonyl (C=O) groups is 1. The number of thiophene rings is 1. The first kappa shape index (κ1) is 20.1. The summed E-state index contributed by atoms with van der Waals surface area (Å²) in [6, 6.07) is 11.7. The molecule has 6 nitrogen and oxygen atoms in total. The molecule has 4 rings (SSSR count). The highest BCUT2D eigenvalue weighted by atomic mass is 35.5. The van der Waals surface area contributed by atoms with Crippen LogP contribution in [0.4, 0.5) is 0 Å². The largest absolute Gasteiger partial charge is 0.339 e. The molecule has 0 radical (unpaired) electrons. The van der Waals surface area contributed by atoms with Crippen molar-refractivity contribution >= 4 is 28.8 Å². The molecule has 29 heavy (non-hydrogen) atoms. The van der Waals surface area contributed by atoms with Crippen molar-refractivity contribution in [2.75, 3.05) is 32.7 Å². The van der Waals surface area contributed by atoms with Crippen molar-refractivity contribution < 1.29 is 9.32 Å².